The van der Waals surface area contributed by atoms with E-state index in [-0.39, 0.29) is 12.5 Å². The third-order valence-corrected chi connectivity index (χ3v) is 2.39. The van der Waals surface area contributed by atoms with E-state index in [0.717, 1.165) is 19.4 Å². The monoisotopic (exact) mass is 245 g/mol. The first-order chi connectivity index (χ1) is 8.07. The molecule has 0 heterocycles. The topological polar surface area (TPSA) is 81.7 Å². The molecule has 0 fully saturated rings. The van der Waals surface area contributed by atoms with Crippen molar-refractivity contribution in [1.82, 2.24) is 15.5 Å². The molecular formula is C11H23N3O3. The zero-order valence-corrected chi connectivity index (χ0v) is 10.7. The van der Waals surface area contributed by atoms with E-state index in [4.69, 9.17) is 5.11 Å². The fourth-order valence-corrected chi connectivity index (χ4v) is 1.29. The summed E-state index contributed by atoms with van der Waals surface area (Å²) in [4.78, 5) is 23.3. The lowest BCUT2D eigenvalue weighted by Gasteiger charge is -2.17. The van der Waals surface area contributed by atoms with Gasteiger partial charge in [0, 0.05) is 33.1 Å². The van der Waals surface area contributed by atoms with Crippen LogP contribution in [0, 0.1) is 0 Å². The second-order valence-electron chi connectivity index (χ2n) is 3.96. The van der Waals surface area contributed by atoms with Crippen molar-refractivity contribution in [1.29, 1.82) is 0 Å². The minimum absolute atomic E-state index is 0.0847. The van der Waals surface area contributed by atoms with Crippen molar-refractivity contribution in [3.8, 4) is 0 Å². The van der Waals surface area contributed by atoms with Crippen LogP contribution in [-0.4, -0.2) is 55.7 Å². The average molecular weight is 245 g/mol. The number of nitrogens with zero attached hydrogens (tertiary/aromatic N) is 1. The Bertz CT molecular complexity index is 234. The Labute approximate surface area is 102 Å². The number of carboxylic acid groups (broad SMARTS) is 1. The van der Waals surface area contributed by atoms with Gasteiger partial charge < -0.3 is 20.6 Å². The first-order valence-electron chi connectivity index (χ1n) is 5.93. The van der Waals surface area contributed by atoms with Crippen LogP contribution in [0.2, 0.25) is 0 Å². The van der Waals surface area contributed by atoms with Crippen LogP contribution < -0.4 is 10.6 Å². The van der Waals surface area contributed by atoms with Crippen LogP contribution in [0.1, 0.15) is 25.7 Å². The molecule has 0 aromatic carbocycles. The van der Waals surface area contributed by atoms with E-state index < -0.39 is 5.97 Å². The molecule has 0 aromatic heterocycles. The molecule has 17 heavy (non-hydrogen) atoms. The lowest BCUT2D eigenvalue weighted by atomic mass is 10.2. The normalized spacial score (nSPS) is 10.0. The highest BCUT2D eigenvalue weighted by atomic mass is 16.4. The molecular weight excluding hydrogens is 222 g/mol. The van der Waals surface area contributed by atoms with Gasteiger partial charge in [-0.3, -0.25) is 4.79 Å². The predicted molar refractivity (Wildman–Crippen MR) is 66.1 cm³/mol. The lowest BCUT2D eigenvalue weighted by Crippen LogP contribution is -2.40. The summed E-state index contributed by atoms with van der Waals surface area (Å²) in [5, 5.41) is 14.2. The molecule has 0 rings (SSSR count). The molecule has 3 N–H and O–H groups in total. The number of carbonyl (C=O) groups is 2. The van der Waals surface area contributed by atoms with E-state index in [9.17, 15) is 9.59 Å². The van der Waals surface area contributed by atoms with Crippen molar-refractivity contribution in [3.63, 3.8) is 0 Å². The summed E-state index contributed by atoms with van der Waals surface area (Å²) in [6.07, 6.45) is 2.52. The summed E-state index contributed by atoms with van der Waals surface area (Å²) >= 11 is 0. The van der Waals surface area contributed by atoms with Crippen molar-refractivity contribution >= 4 is 12.0 Å². The number of urea groups is 1. The number of aliphatic carboxylic acids is 1. The van der Waals surface area contributed by atoms with E-state index in [1.54, 1.807) is 11.9 Å². The van der Waals surface area contributed by atoms with Gasteiger partial charge in [0.25, 0.3) is 0 Å². The molecule has 0 saturated heterocycles. The molecule has 2 amide bonds. The van der Waals surface area contributed by atoms with Gasteiger partial charge in [0.1, 0.15) is 0 Å². The van der Waals surface area contributed by atoms with Crippen LogP contribution >= 0.6 is 0 Å². The minimum Gasteiger partial charge on any atom is -0.481 e. The van der Waals surface area contributed by atoms with Gasteiger partial charge in [0.15, 0.2) is 0 Å². The Hall–Kier alpha value is -1.30. The van der Waals surface area contributed by atoms with Gasteiger partial charge in [-0.05, 0) is 19.9 Å². The second-order valence-corrected chi connectivity index (χ2v) is 3.96. The molecule has 0 bridgehead atoms. The predicted octanol–water partition coefficient (Wildman–Crippen LogP) is 0.492. The van der Waals surface area contributed by atoms with Gasteiger partial charge >= 0.3 is 12.0 Å². The Morgan fingerprint density at radius 1 is 1.18 bits per heavy atom. The highest BCUT2D eigenvalue weighted by Crippen LogP contribution is 1.98. The Balaban J connectivity index is 3.41. The van der Waals surface area contributed by atoms with Crippen molar-refractivity contribution in [2.24, 2.45) is 0 Å². The van der Waals surface area contributed by atoms with Crippen LogP contribution in [0.5, 0.6) is 0 Å². The number of unbranched alkanes of at least 4 members (excludes halogenated alkanes) is 2. The zero-order chi connectivity index (χ0) is 13.1. The molecule has 0 spiro atoms. The van der Waals surface area contributed by atoms with Crippen molar-refractivity contribution in [2.45, 2.75) is 25.7 Å². The van der Waals surface area contributed by atoms with Gasteiger partial charge in [0.2, 0.25) is 0 Å². The summed E-state index contributed by atoms with van der Waals surface area (Å²) in [5.41, 5.74) is 0. The van der Waals surface area contributed by atoms with E-state index in [2.05, 4.69) is 10.6 Å². The third kappa shape index (κ3) is 9.62. The molecule has 0 aliphatic carbocycles. The molecule has 0 saturated carbocycles. The number of likely N-dealkylation sites (N-methyl/N-ethyl adjacent to an activating group) is 2. The maximum absolute atomic E-state index is 11.5. The summed E-state index contributed by atoms with van der Waals surface area (Å²) in [5.74, 6) is -0.763. The molecule has 0 aromatic rings. The second kappa shape index (κ2) is 9.89. The fourth-order valence-electron chi connectivity index (χ4n) is 1.29. The van der Waals surface area contributed by atoms with Gasteiger partial charge in [-0.15, -0.1) is 0 Å². The van der Waals surface area contributed by atoms with Crippen LogP contribution in [0.15, 0.2) is 0 Å². The number of nitrogens with one attached hydrogen (secondary N) is 2. The number of rotatable bonds is 9. The van der Waals surface area contributed by atoms with Crippen LogP contribution in [0.4, 0.5) is 4.79 Å². The third-order valence-electron chi connectivity index (χ3n) is 2.39. The van der Waals surface area contributed by atoms with E-state index in [1.165, 1.54) is 0 Å². The summed E-state index contributed by atoms with van der Waals surface area (Å²) in [6.45, 7) is 2.03. The maximum atomic E-state index is 11.5. The van der Waals surface area contributed by atoms with E-state index in [0.29, 0.717) is 19.5 Å². The lowest BCUT2D eigenvalue weighted by molar-refractivity contribution is -0.137. The number of hydrogen-bond donors (Lipinski definition) is 3. The first kappa shape index (κ1) is 15.7. The number of hydrogen-bond acceptors (Lipinski definition) is 3. The molecule has 0 radical (unpaired) electrons. The van der Waals surface area contributed by atoms with Crippen molar-refractivity contribution in [3.05, 3.63) is 0 Å². The highest BCUT2D eigenvalue weighted by molar-refractivity contribution is 5.73. The largest absolute Gasteiger partial charge is 0.481 e. The summed E-state index contributed by atoms with van der Waals surface area (Å²) < 4.78 is 0. The quantitative estimate of drug-likeness (QED) is 0.516. The van der Waals surface area contributed by atoms with Crippen molar-refractivity contribution in [2.75, 3.05) is 33.7 Å². The van der Waals surface area contributed by atoms with E-state index in [1.807, 2.05) is 7.05 Å². The fraction of sp³-hybridized carbons (Fsp3) is 0.818. The minimum atomic E-state index is -0.763. The number of carbonyl (C=O) groups excluding carboxylic acids is 1. The Morgan fingerprint density at radius 3 is 2.47 bits per heavy atom. The number of amides is 2. The van der Waals surface area contributed by atoms with Gasteiger partial charge in [-0.1, -0.05) is 6.42 Å². The standard InChI is InChI=1S/C11H23N3O3/c1-12-8-9-14(2)11(17)13-7-5-3-4-6-10(15)16/h12H,3-9H2,1-2H3,(H,13,17)(H,15,16). The van der Waals surface area contributed by atoms with Crippen LogP contribution in [-0.2, 0) is 4.79 Å². The maximum Gasteiger partial charge on any atom is 0.317 e. The zero-order valence-electron chi connectivity index (χ0n) is 10.7. The summed E-state index contributed by atoms with van der Waals surface area (Å²) in [7, 11) is 3.59. The molecule has 6 nitrogen and oxygen atoms in total. The Kier molecular flexibility index (Phi) is 9.14. The molecule has 0 aliphatic heterocycles. The Morgan fingerprint density at radius 2 is 1.88 bits per heavy atom. The SMILES string of the molecule is CNCCN(C)C(=O)NCCCCCC(=O)O. The first-order valence-corrected chi connectivity index (χ1v) is 5.93. The molecule has 0 aliphatic rings. The molecule has 100 valence electrons. The molecule has 6 heteroatoms. The number of carboxylic acids is 1. The van der Waals surface area contributed by atoms with E-state index >= 15 is 0 Å². The van der Waals surface area contributed by atoms with Crippen LogP contribution in [0.3, 0.4) is 0 Å². The van der Waals surface area contributed by atoms with Gasteiger partial charge in [-0.25, -0.2) is 4.79 Å². The van der Waals surface area contributed by atoms with Crippen LogP contribution in [0.25, 0.3) is 0 Å². The molecule has 0 atom stereocenters. The smallest absolute Gasteiger partial charge is 0.317 e. The molecule has 0 unspecified atom stereocenters. The van der Waals surface area contributed by atoms with Gasteiger partial charge in [0.05, 0.1) is 0 Å². The highest BCUT2D eigenvalue weighted by Gasteiger charge is 2.05. The summed E-state index contributed by atoms with van der Waals surface area (Å²) in [6, 6.07) is -0.0847. The van der Waals surface area contributed by atoms with Crippen molar-refractivity contribution < 1.29 is 14.7 Å². The van der Waals surface area contributed by atoms with Gasteiger partial charge in [-0.2, -0.15) is 0 Å². The average Bonchev–Trinajstić information content (AvgIpc) is 2.29.